The lowest BCUT2D eigenvalue weighted by Crippen LogP contribution is -2.41. The molecule has 1 aliphatic heterocycles. The molecule has 0 unspecified atom stereocenters. The minimum absolute atomic E-state index is 1.06. The van der Waals surface area contributed by atoms with E-state index < -0.39 is 0 Å². The van der Waals surface area contributed by atoms with Crippen molar-refractivity contribution in [3.63, 3.8) is 0 Å². The Morgan fingerprint density at radius 3 is 2.46 bits per heavy atom. The molecule has 0 atom stereocenters. The van der Waals surface area contributed by atoms with E-state index in [1.165, 1.54) is 5.12 Å². The Morgan fingerprint density at radius 2 is 1.92 bits per heavy atom. The summed E-state index contributed by atoms with van der Waals surface area (Å²) in [6.07, 6.45) is 1.84. The molecule has 2 rings (SSSR count). The maximum atomic E-state index is 5.56. The molecule has 0 spiro atoms. The van der Waals surface area contributed by atoms with Gasteiger partial charge in [0.05, 0.1) is 11.9 Å². The van der Waals surface area contributed by atoms with Crippen molar-refractivity contribution in [2.45, 2.75) is 0 Å². The Kier molecular flexibility index (Phi) is 1.92. The first kappa shape index (κ1) is 8.10. The van der Waals surface area contributed by atoms with Gasteiger partial charge in [-0.05, 0) is 0 Å². The van der Waals surface area contributed by atoms with Gasteiger partial charge < -0.3 is 0 Å². The molecule has 1 aromatic rings. The summed E-state index contributed by atoms with van der Waals surface area (Å²) in [5.74, 6) is 5.56. The Balaban J connectivity index is 2.32. The number of rotatable bonds is 1. The number of hydrogen-bond acceptors (Lipinski definition) is 4. The van der Waals surface area contributed by atoms with Gasteiger partial charge in [0.1, 0.15) is 0 Å². The lowest BCUT2D eigenvalue weighted by Gasteiger charge is -2.16. The van der Waals surface area contributed by atoms with E-state index in [2.05, 4.69) is 5.53 Å². The van der Waals surface area contributed by atoms with Gasteiger partial charge in [0.15, 0.2) is 0 Å². The fourth-order valence-electron chi connectivity index (χ4n) is 1.35. The number of hydrogen-bond donors (Lipinski definition) is 2. The second-order valence-corrected chi connectivity index (χ2v) is 2.95. The van der Waals surface area contributed by atoms with Crippen LogP contribution >= 0.6 is 0 Å². The standard InChI is InChI=1S/C9H12N4/c1-12-9(7-13(10)11-12)8-5-3-2-4-6-8/h2-7,11H,10H2,1H3. The van der Waals surface area contributed by atoms with Crippen LogP contribution in [0.3, 0.4) is 0 Å². The molecular weight excluding hydrogens is 164 g/mol. The molecule has 4 nitrogen and oxygen atoms in total. The topological polar surface area (TPSA) is 44.5 Å². The van der Waals surface area contributed by atoms with Gasteiger partial charge in [-0.2, -0.15) is 0 Å². The molecule has 0 fully saturated rings. The van der Waals surface area contributed by atoms with E-state index in [0.29, 0.717) is 0 Å². The van der Waals surface area contributed by atoms with Crippen LogP contribution in [0.1, 0.15) is 5.56 Å². The van der Waals surface area contributed by atoms with Crippen LogP contribution < -0.4 is 11.4 Å². The van der Waals surface area contributed by atoms with Crippen LogP contribution in [0.4, 0.5) is 0 Å². The molecule has 0 aliphatic carbocycles. The first-order chi connectivity index (χ1) is 6.27. The summed E-state index contributed by atoms with van der Waals surface area (Å²) < 4.78 is 0. The van der Waals surface area contributed by atoms with Crippen LogP contribution in [0.25, 0.3) is 5.70 Å². The van der Waals surface area contributed by atoms with Gasteiger partial charge in [-0.25, -0.2) is 11.0 Å². The van der Waals surface area contributed by atoms with Crippen molar-refractivity contribution in [2.75, 3.05) is 7.05 Å². The molecular formula is C9H12N4. The summed E-state index contributed by atoms with van der Waals surface area (Å²) in [5.41, 5.74) is 5.12. The van der Waals surface area contributed by atoms with Crippen LogP contribution in [-0.4, -0.2) is 17.2 Å². The maximum Gasteiger partial charge on any atom is 0.0797 e. The molecule has 0 bridgehead atoms. The van der Waals surface area contributed by atoms with E-state index in [1.54, 1.807) is 0 Å². The smallest absolute Gasteiger partial charge is 0.0797 e. The highest BCUT2D eigenvalue weighted by atomic mass is 15.8. The molecule has 1 heterocycles. The van der Waals surface area contributed by atoms with Crippen molar-refractivity contribution in [1.29, 1.82) is 0 Å². The second kappa shape index (κ2) is 3.08. The van der Waals surface area contributed by atoms with Crippen molar-refractivity contribution in [3.8, 4) is 0 Å². The van der Waals surface area contributed by atoms with Gasteiger partial charge in [0.25, 0.3) is 0 Å². The number of nitrogens with two attached hydrogens (primary N) is 1. The lowest BCUT2D eigenvalue weighted by atomic mass is 10.2. The molecule has 1 aliphatic rings. The van der Waals surface area contributed by atoms with E-state index >= 15 is 0 Å². The first-order valence-corrected chi connectivity index (χ1v) is 4.08. The fourth-order valence-corrected chi connectivity index (χ4v) is 1.35. The van der Waals surface area contributed by atoms with Crippen LogP contribution in [-0.2, 0) is 0 Å². The highest BCUT2D eigenvalue weighted by Gasteiger charge is 2.15. The van der Waals surface area contributed by atoms with Crippen LogP contribution in [0.15, 0.2) is 36.5 Å². The first-order valence-electron chi connectivity index (χ1n) is 4.08. The van der Waals surface area contributed by atoms with E-state index in [9.17, 15) is 0 Å². The number of nitrogens with zero attached hydrogens (tertiary/aromatic N) is 2. The molecule has 68 valence electrons. The van der Waals surface area contributed by atoms with Gasteiger partial charge >= 0.3 is 0 Å². The van der Waals surface area contributed by atoms with Crippen molar-refractivity contribution in [1.82, 2.24) is 15.7 Å². The van der Waals surface area contributed by atoms with E-state index in [-0.39, 0.29) is 0 Å². The Labute approximate surface area is 77.2 Å². The van der Waals surface area contributed by atoms with Gasteiger partial charge in [-0.3, -0.25) is 5.01 Å². The second-order valence-electron chi connectivity index (χ2n) is 2.95. The average molecular weight is 176 g/mol. The monoisotopic (exact) mass is 176 g/mol. The fraction of sp³-hybridized carbons (Fsp3) is 0.111. The van der Waals surface area contributed by atoms with Crippen molar-refractivity contribution < 1.29 is 0 Å². The SMILES string of the molecule is CN1NN(N)C=C1c1ccccc1. The maximum absolute atomic E-state index is 5.56. The predicted molar refractivity (Wildman–Crippen MR) is 51.3 cm³/mol. The number of benzene rings is 1. The van der Waals surface area contributed by atoms with Crippen LogP contribution in [0.5, 0.6) is 0 Å². The minimum atomic E-state index is 1.06. The third kappa shape index (κ3) is 1.49. The molecule has 0 amide bonds. The summed E-state index contributed by atoms with van der Waals surface area (Å²) >= 11 is 0. The number of hydrazine groups is 3. The molecule has 4 heteroatoms. The Bertz CT molecular complexity index is 320. The molecule has 0 aromatic heterocycles. The molecule has 0 radical (unpaired) electrons. The van der Waals surface area contributed by atoms with Gasteiger partial charge in [0.2, 0.25) is 0 Å². The zero-order valence-corrected chi connectivity index (χ0v) is 7.44. The summed E-state index contributed by atoms with van der Waals surface area (Å²) in [6.45, 7) is 0. The highest BCUT2D eigenvalue weighted by molar-refractivity contribution is 5.64. The van der Waals surface area contributed by atoms with Crippen LogP contribution in [0, 0.1) is 0 Å². The van der Waals surface area contributed by atoms with E-state index in [4.69, 9.17) is 5.84 Å². The minimum Gasteiger partial charge on any atom is -0.290 e. The predicted octanol–water partition coefficient (Wildman–Crippen LogP) is 0.526. The lowest BCUT2D eigenvalue weighted by molar-refractivity contribution is 0.170. The van der Waals surface area contributed by atoms with Gasteiger partial charge in [-0.15, -0.1) is 5.53 Å². The highest BCUT2D eigenvalue weighted by Crippen LogP contribution is 2.19. The summed E-state index contributed by atoms with van der Waals surface area (Å²) in [7, 11) is 1.92. The Morgan fingerprint density at radius 1 is 1.23 bits per heavy atom. The third-order valence-electron chi connectivity index (χ3n) is 1.96. The van der Waals surface area contributed by atoms with Crippen molar-refractivity contribution in [3.05, 3.63) is 42.1 Å². The average Bonchev–Trinajstić information content (AvgIpc) is 2.47. The van der Waals surface area contributed by atoms with Crippen molar-refractivity contribution in [2.24, 2.45) is 5.84 Å². The Hall–Kier alpha value is -1.52. The normalized spacial score (nSPS) is 16.3. The number of nitrogens with one attached hydrogen (secondary N) is 1. The zero-order chi connectivity index (χ0) is 9.26. The van der Waals surface area contributed by atoms with Gasteiger partial charge in [-0.1, -0.05) is 30.3 Å². The summed E-state index contributed by atoms with van der Waals surface area (Å²) in [4.78, 5) is 0. The zero-order valence-electron chi connectivity index (χ0n) is 7.44. The molecule has 3 N–H and O–H groups in total. The quantitative estimate of drug-likeness (QED) is 0.612. The third-order valence-corrected chi connectivity index (χ3v) is 1.96. The molecule has 0 saturated heterocycles. The molecule has 0 saturated carbocycles. The van der Waals surface area contributed by atoms with E-state index in [0.717, 1.165) is 11.3 Å². The molecule has 13 heavy (non-hydrogen) atoms. The summed E-state index contributed by atoms with van der Waals surface area (Å²) in [6, 6.07) is 10.1. The van der Waals surface area contributed by atoms with E-state index in [1.807, 2.05) is 48.6 Å². The van der Waals surface area contributed by atoms with Gasteiger partial charge in [0, 0.05) is 12.6 Å². The summed E-state index contributed by atoms with van der Waals surface area (Å²) in [5, 5.41) is 3.30. The largest absolute Gasteiger partial charge is 0.290 e. The van der Waals surface area contributed by atoms with Crippen LogP contribution in [0.2, 0.25) is 0 Å². The van der Waals surface area contributed by atoms with Crippen molar-refractivity contribution >= 4 is 5.70 Å². The molecule has 1 aromatic carbocycles.